The van der Waals surface area contributed by atoms with Gasteiger partial charge in [-0.15, -0.1) is 0 Å². The van der Waals surface area contributed by atoms with Crippen LogP contribution in [-0.4, -0.2) is 110 Å². The van der Waals surface area contributed by atoms with Gasteiger partial charge in [0.2, 0.25) is 17.7 Å². The summed E-state index contributed by atoms with van der Waals surface area (Å²) in [4.78, 5) is 65.6. The van der Waals surface area contributed by atoms with Gasteiger partial charge in [-0.3, -0.25) is 44.0 Å². The van der Waals surface area contributed by atoms with Crippen molar-refractivity contribution in [3.05, 3.63) is 101 Å². The van der Waals surface area contributed by atoms with Gasteiger partial charge in [0, 0.05) is 93.1 Å². The molecule has 4 amide bonds. The summed E-state index contributed by atoms with van der Waals surface area (Å²) >= 11 is 0. The fourth-order valence-electron chi connectivity index (χ4n) is 9.60. The van der Waals surface area contributed by atoms with Crippen LogP contribution in [0, 0.1) is 17.6 Å². The molecule has 3 aromatic carbocycles. The lowest BCUT2D eigenvalue weighted by Crippen LogP contribution is -2.52. The van der Waals surface area contributed by atoms with Gasteiger partial charge in [-0.1, -0.05) is 24.3 Å². The molecule has 1 aliphatic carbocycles. The van der Waals surface area contributed by atoms with Crippen molar-refractivity contribution in [3.8, 4) is 22.4 Å². The predicted octanol–water partition coefficient (Wildman–Crippen LogP) is 4.76. The number of ether oxygens (including phenoxy) is 1. The maximum atomic E-state index is 15.4. The van der Waals surface area contributed by atoms with Crippen molar-refractivity contribution in [2.24, 2.45) is 5.92 Å². The highest BCUT2D eigenvalue weighted by atomic mass is 19.1. The number of fused-ring (bicyclic) bond motifs is 2. The third kappa shape index (κ3) is 8.09. The Kier molecular flexibility index (Phi) is 10.8. The summed E-state index contributed by atoms with van der Waals surface area (Å²) in [7, 11) is 0. The monoisotopic (exact) mass is 843 g/mol. The average Bonchev–Trinajstić information content (AvgIpc) is 3.71. The van der Waals surface area contributed by atoms with E-state index in [1.54, 1.807) is 18.5 Å². The highest BCUT2D eigenvalue weighted by Gasteiger charge is 2.44. The molecule has 4 aliphatic heterocycles. The summed E-state index contributed by atoms with van der Waals surface area (Å²) in [5.41, 5.74) is 5.92. The Balaban J connectivity index is 0.716. The van der Waals surface area contributed by atoms with Crippen LogP contribution in [0.2, 0.25) is 0 Å². The number of amides is 4. The number of para-hydroxylation sites is 1. The van der Waals surface area contributed by atoms with Crippen LogP contribution < -0.4 is 10.6 Å². The van der Waals surface area contributed by atoms with Gasteiger partial charge in [0.1, 0.15) is 17.7 Å². The van der Waals surface area contributed by atoms with Crippen LogP contribution in [0.1, 0.15) is 71.6 Å². The first-order chi connectivity index (χ1) is 30.1. The third-order valence-corrected chi connectivity index (χ3v) is 13.2. The lowest BCUT2D eigenvalue weighted by atomic mass is 10.0. The minimum atomic E-state index is -0.662. The number of nitrogens with one attached hydrogen (secondary N) is 2. The first-order valence-electron chi connectivity index (χ1n) is 21.5. The summed E-state index contributed by atoms with van der Waals surface area (Å²) in [6.07, 6.45) is 9.30. The molecule has 0 radical (unpaired) electrons. The highest BCUT2D eigenvalue weighted by Crippen LogP contribution is 2.41. The van der Waals surface area contributed by atoms with Crippen molar-refractivity contribution in [1.82, 2.24) is 45.1 Å². The van der Waals surface area contributed by atoms with E-state index in [-0.39, 0.29) is 42.3 Å². The molecule has 2 aromatic heterocycles. The van der Waals surface area contributed by atoms with Crippen molar-refractivity contribution in [1.29, 1.82) is 0 Å². The Hall–Kier alpha value is -5.97. The number of nitrogens with zero attached hydrogens (tertiary/aromatic N) is 7. The molecule has 4 fully saturated rings. The maximum absolute atomic E-state index is 15.4. The van der Waals surface area contributed by atoms with E-state index in [1.165, 1.54) is 17.0 Å². The van der Waals surface area contributed by atoms with Crippen molar-refractivity contribution < 1.29 is 32.7 Å². The number of hydrogen-bond donors (Lipinski definition) is 2. The number of likely N-dealkylation sites (tertiary alicyclic amines) is 1. The number of halogens is 2. The molecular weight excluding hydrogens is 797 g/mol. The summed E-state index contributed by atoms with van der Waals surface area (Å²) in [5, 5.41) is 10.1. The molecule has 5 aromatic rings. The predicted molar refractivity (Wildman–Crippen MR) is 223 cm³/mol. The van der Waals surface area contributed by atoms with E-state index < -0.39 is 23.6 Å². The van der Waals surface area contributed by atoms with E-state index in [2.05, 4.69) is 20.5 Å². The van der Waals surface area contributed by atoms with Gasteiger partial charge < -0.3 is 15.0 Å². The van der Waals surface area contributed by atoms with Crippen molar-refractivity contribution in [2.75, 3.05) is 39.4 Å². The quantitative estimate of drug-likeness (QED) is 0.178. The molecule has 3 unspecified atom stereocenters. The molecule has 320 valence electrons. The van der Waals surface area contributed by atoms with Gasteiger partial charge in [0.05, 0.1) is 48.4 Å². The second-order valence-corrected chi connectivity index (χ2v) is 17.1. The van der Waals surface area contributed by atoms with E-state index in [1.807, 2.05) is 46.1 Å². The standard InChI is InChI=1S/C46H47F2N9O5/c47-36-17-28(18-37(48)35(36)26-54-12-14-62-15-13-54)33-2-1-3-38-44(33)52-39(23-49-38)31-22-51-57(25-31)32-8-10-55(11-9-32)41-19-29(41)20-43(59)50-21-27-4-5-34-30(16-27)24-56(46(34)61)40-6-7-42(58)53-45(40)60/h1-5,16-18,22-23,25,29,32,40-41H,6-15,19-21,24,26H2,(H,50,59)(H,53,58,60). The van der Waals surface area contributed by atoms with Crippen LogP contribution in [0.5, 0.6) is 0 Å². The number of morpholine rings is 1. The van der Waals surface area contributed by atoms with Crippen LogP contribution in [-0.2, 0) is 38.8 Å². The fourth-order valence-corrected chi connectivity index (χ4v) is 9.60. The molecule has 16 heteroatoms. The molecule has 3 saturated heterocycles. The number of piperidine rings is 2. The zero-order chi connectivity index (χ0) is 42.5. The van der Waals surface area contributed by atoms with Gasteiger partial charge in [0.15, 0.2) is 0 Å². The lowest BCUT2D eigenvalue weighted by molar-refractivity contribution is -0.137. The minimum absolute atomic E-state index is 0.00109. The Labute approximate surface area is 356 Å². The number of hydrogen-bond acceptors (Lipinski definition) is 10. The van der Waals surface area contributed by atoms with Gasteiger partial charge in [-0.2, -0.15) is 5.10 Å². The molecule has 5 aliphatic rings. The number of rotatable bonds is 11. The molecule has 6 heterocycles. The first-order valence-corrected chi connectivity index (χ1v) is 21.5. The second-order valence-electron chi connectivity index (χ2n) is 17.1. The average molecular weight is 844 g/mol. The Morgan fingerprint density at radius 2 is 1.73 bits per heavy atom. The summed E-state index contributed by atoms with van der Waals surface area (Å²) in [5.74, 6) is -1.84. The van der Waals surface area contributed by atoms with Gasteiger partial charge in [-0.05, 0) is 72.6 Å². The highest BCUT2D eigenvalue weighted by molar-refractivity contribution is 6.05. The fraction of sp³-hybridized carbons (Fsp3) is 0.413. The molecular formula is C46H47F2N9O5. The molecule has 10 rings (SSSR count). The number of imide groups is 1. The molecule has 1 saturated carbocycles. The van der Waals surface area contributed by atoms with Gasteiger partial charge in [-0.25, -0.2) is 13.8 Å². The molecule has 14 nitrogen and oxygen atoms in total. The van der Waals surface area contributed by atoms with Crippen LogP contribution in [0.15, 0.2) is 67.1 Å². The van der Waals surface area contributed by atoms with Crippen LogP contribution in [0.25, 0.3) is 33.4 Å². The number of carbonyl (C=O) groups is 4. The molecule has 0 spiro atoms. The SMILES string of the molecule is O=C(CC1CC1N1CCC(n2cc(-c3cnc4cccc(-c5cc(F)c(CN6CCOCC6)c(F)c5)c4n3)cn2)CC1)NCc1ccc2c(c1)CN(C1CCC(=O)NC1=O)C2=O. The largest absolute Gasteiger partial charge is 0.379 e. The van der Waals surface area contributed by atoms with Crippen LogP contribution >= 0.6 is 0 Å². The van der Waals surface area contributed by atoms with Crippen LogP contribution in [0.3, 0.4) is 0 Å². The zero-order valence-corrected chi connectivity index (χ0v) is 34.2. The van der Waals surface area contributed by atoms with Crippen LogP contribution in [0.4, 0.5) is 8.78 Å². The molecule has 62 heavy (non-hydrogen) atoms. The Morgan fingerprint density at radius 3 is 2.52 bits per heavy atom. The minimum Gasteiger partial charge on any atom is -0.379 e. The maximum Gasteiger partial charge on any atom is 0.255 e. The van der Waals surface area contributed by atoms with E-state index in [0.29, 0.717) is 97.6 Å². The summed E-state index contributed by atoms with van der Waals surface area (Å²) in [6.45, 7) is 5.01. The van der Waals surface area contributed by atoms with E-state index in [0.717, 1.165) is 49.0 Å². The van der Waals surface area contributed by atoms with E-state index >= 15 is 8.78 Å². The zero-order valence-electron chi connectivity index (χ0n) is 34.2. The third-order valence-electron chi connectivity index (χ3n) is 13.2. The van der Waals surface area contributed by atoms with E-state index in [9.17, 15) is 19.2 Å². The summed E-state index contributed by atoms with van der Waals surface area (Å²) < 4.78 is 38.2. The lowest BCUT2D eigenvalue weighted by Gasteiger charge is -2.32. The number of carbonyl (C=O) groups excluding carboxylic acids is 4. The Bertz CT molecular complexity index is 2560. The number of benzene rings is 3. The Morgan fingerprint density at radius 1 is 0.919 bits per heavy atom. The topological polar surface area (TPSA) is 155 Å². The first kappa shape index (κ1) is 40.1. The smallest absolute Gasteiger partial charge is 0.255 e. The van der Waals surface area contributed by atoms with E-state index in [4.69, 9.17) is 14.8 Å². The second kappa shape index (κ2) is 16.7. The normalized spacial score (nSPS) is 22.3. The van der Waals surface area contributed by atoms with Gasteiger partial charge in [0.25, 0.3) is 5.91 Å². The summed E-state index contributed by atoms with van der Waals surface area (Å²) in [6, 6.07) is 13.7. The van der Waals surface area contributed by atoms with Crippen molar-refractivity contribution in [3.63, 3.8) is 0 Å². The van der Waals surface area contributed by atoms with Crippen molar-refractivity contribution >= 4 is 34.7 Å². The number of aromatic nitrogens is 4. The molecule has 3 atom stereocenters. The van der Waals surface area contributed by atoms with Gasteiger partial charge >= 0.3 is 0 Å². The molecule has 0 bridgehead atoms. The van der Waals surface area contributed by atoms with Crippen molar-refractivity contribution in [2.45, 2.75) is 76.3 Å². The molecule has 2 N–H and O–H groups in total.